The van der Waals surface area contributed by atoms with Gasteiger partial charge in [0, 0.05) is 17.1 Å². The summed E-state index contributed by atoms with van der Waals surface area (Å²) in [6.07, 6.45) is 11.3. The maximum atomic E-state index is 13.3. The first kappa shape index (κ1) is 25.8. The van der Waals surface area contributed by atoms with E-state index in [9.17, 15) is 9.59 Å². The van der Waals surface area contributed by atoms with Gasteiger partial charge in [-0.05, 0) is 55.7 Å². The molecule has 2 fully saturated rings. The zero-order valence-electron chi connectivity index (χ0n) is 20.1. The highest BCUT2D eigenvalue weighted by molar-refractivity contribution is 6.30. The molecule has 2 aliphatic carbocycles. The number of carbonyl (C=O) groups excluding carboxylic acids is 2. The molecule has 0 bridgehead atoms. The second-order valence-corrected chi connectivity index (χ2v) is 10.3. The van der Waals surface area contributed by atoms with Gasteiger partial charge in [-0.15, -0.1) is 5.06 Å². The van der Waals surface area contributed by atoms with Crippen LogP contribution in [0.2, 0.25) is 5.02 Å². The van der Waals surface area contributed by atoms with Gasteiger partial charge in [0.2, 0.25) is 0 Å². The van der Waals surface area contributed by atoms with Crippen LogP contribution in [-0.2, 0) is 21.0 Å². The lowest BCUT2D eigenvalue weighted by atomic mass is 9.90. The maximum Gasteiger partial charge on any atom is 0.408 e. The quantitative estimate of drug-likeness (QED) is 0.415. The van der Waals surface area contributed by atoms with Gasteiger partial charge in [-0.1, -0.05) is 76.1 Å². The van der Waals surface area contributed by atoms with Crippen LogP contribution < -0.4 is 5.32 Å². The minimum atomic E-state index is -0.739. The van der Waals surface area contributed by atoms with E-state index in [2.05, 4.69) is 5.32 Å². The largest absolute Gasteiger partial charge is 0.445 e. The number of nitrogens with zero attached hydrogens (tertiary/aromatic N) is 1. The fourth-order valence-electron chi connectivity index (χ4n) is 4.88. The molecule has 0 heterocycles. The van der Waals surface area contributed by atoms with Crippen LogP contribution in [0, 0.1) is 5.92 Å². The van der Waals surface area contributed by atoms with Gasteiger partial charge in [-0.25, -0.2) is 9.59 Å². The van der Waals surface area contributed by atoms with Crippen molar-refractivity contribution in [3.8, 4) is 0 Å². The SMILES string of the molecule is CC(C)C[C@H](NC(=O)OCc1ccc(Cl)cc1)C(=O)ON(C1CCCCC1)C1CCCCC1. The average molecular weight is 479 g/mol. The molecule has 2 saturated carbocycles. The number of alkyl carbamates (subject to hydrolysis) is 1. The Morgan fingerprint density at radius 1 is 0.970 bits per heavy atom. The highest BCUT2D eigenvalue weighted by Gasteiger charge is 2.34. The van der Waals surface area contributed by atoms with E-state index in [1.54, 1.807) is 12.1 Å². The van der Waals surface area contributed by atoms with E-state index in [1.165, 1.54) is 38.5 Å². The molecule has 2 aliphatic rings. The molecule has 7 heteroatoms. The average Bonchev–Trinajstić information content (AvgIpc) is 2.82. The number of carbonyl (C=O) groups is 2. The van der Waals surface area contributed by atoms with Crippen LogP contribution in [-0.4, -0.2) is 35.3 Å². The number of nitrogens with one attached hydrogen (secondary N) is 1. The lowest BCUT2D eigenvalue weighted by Gasteiger charge is -2.40. The molecule has 0 aromatic heterocycles. The number of hydrogen-bond donors (Lipinski definition) is 1. The molecule has 1 N–H and O–H groups in total. The summed E-state index contributed by atoms with van der Waals surface area (Å²) in [6.45, 7) is 4.17. The summed E-state index contributed by atoms with van der Waals surface area (Å²) >= 11 is 5.90. The highest BCUT2D eigenvalue weighted by atomic mass is 35.5. The number of hydroxylamine groups is 2. The minimum absolute atomic E-state index is 0.114. The van der Waals surface area contributed by atoms with Crippen molar-refractivity contribution in [2.24, 2.45) is 5.92 Å². The lowest BCUT2D eigenvalue weighted by molar-refractivity contribution is -0.225. The van der Waals surface area contributed by atoms with Gasteiger partial charge in [-0.2, -0.15) is 0 Å². The smallest absolute Gasteiger partial charge is 0.408 e. The van der Waals surface area contributed by atoms with Gasteiger partial charge >= 0.3 is 12.1 Å². The van der Waals surface area contributed by atoms with Gasteiger partial charge in [-0.3, -0.25) is 0 Å². The van der Waals surface area contributed by atoms with Crippen molar-refractivity contribution < 1.29 is 19.2 Å². The van der Waals surface area contributed by atoms with Crippen LogP contribution in [0.1, 0.15) is 90.0 Å². The fraction of sp³-hybridized carbons (Fsp3) is 0.692. The van der Waals surface area contributed by atoms with Gasteiger partial charge in [0.25, 0.3) is 0 Å². The Kier molecular flexibility index (Phi) is 10.3. The number of ether oxygens (including phenoxy) is 1. The van der Waals surface area contributed by atoms with Gasteiger partial charge in [0.1, 0.15) is 12.6 Å². The standard InChI is InChI=1S/C26H39ClN2O4/c1-19(2)17-24(28-26(31)32-18-20-13-15-21(27)16-14-20)25(30)33-29(22-9-5-3-6-10-22)23-11-7-4-8-12-23/h13-16,19,22-24H,3-12,17-18H2,1-2H3,(H,28,31)/t24-/m0/s1. The van der Waals surface area contributed by atoms with Crippen LogP contribution in [0.15, 0.2) is 24.3 Å². The molecule has 1 aromatic carbocycles. The van der Waals surface area contributed by atoms with Gasteiger partial charge < -0.3 is 14.9 Å². The number of hydrogen-bond acceptors (Lipinski definition) is 5. The summed E-state index contributed by atoms with van der Waals surface area (Å²) in [5, 5.41) is 5.39. The highest BCUT2D eigenvalue weighted by Crippen LogP contribution is 2.30. The first-order chi connectivity index (χ1) is 15.9. The van der Waals surface area contributed by atoms with Crippen LogP contribution >= 0.6 is 11.6 Å². The van der Waals surface area contributed by atoms with Crippen molar-refractivity contribution in [1.29, 1.82) is 0 Å². The molecule has 3 rings (SSSR count). The molecule has 0 aliphatic heterocycles. The molecule has 1 aromatic rings. The molecule has 0 spiro atoms. The Hall–Kier alpha value is -1.79. The third kappa shape index (κ3) is 8.49. The second-order valence-electron chi connectivity index (χ2n) is 9.88. The molecule has 0 unspecified atom stereocenters. The predicted octanol–water partition coefficient (Wildman–Crippen LogP) is 6.41. The third-order valence-corrected chi connectivity index (χ3v) is 6.88. The van der Waals surface area contributed by atoms with Crippen molar-refractivity contribution in [2.75, 3.05) is 0 Å². The van der Waals surface area contributed by atoms with Crippen LogP contribution in [0.5, 0.6) is 0 Å². The monoisotopic (exact) mass is 478 g/mol. The van der Waals surface area contributed by atoms with E-state index in [1.807, 2.05) is 31.0 Å². The van der Waals surface area contributed by atoms with E-state index in [-0.39, 0.29) is 30.6 Å². The van der Waals surface area contributed by atoms with Crippen molar-refractivity contribution >= 4 is 23.7 Å². The first-order valence-electron chi connectivity index (χ1n) is 12.6. The summed E-state index contributed by atoms with van der Waals surface area (Å²) < 4.78 is 5.35. The van der Waals surface area contributed by atoms with Gasteiger partial charge in [0.05, 0.1) is 0 Å². The number of rotatable bonds is 9. The van der Waals surface area contributed by atoms with Crippen molar-refractivity contribution in [3.05, 3.63) is 34.9 Å². The molecular formula is C26H39ClN2O4. The van der Waals surface area contributed by atoms with E-state index >= 15 is 0 Å². The topological polar surface area (TPSA) is 67.9 Å². The molecular weight excluding hydrogens is 440 g/mol. The van der Waals surface area contributed by atoms with E-state index in [4.69, 9.17) is 21.2 Å². The maximum absolute atomic E-state index is 13.3. The fourth-order valence-corrected chi connectivity index (χ4v) is 5.01. The summed E-state index contributed by atoms with van der Waals surface area (Å²) in [5.41, 5.74) is 0.832. The summed E-state index contributed by atoms with van der Waals surface area (Å²) in [7, 11) is 0. The van der Waals surface area contributed by atoms with E-state index in [0.29, 0.717) is 11.4 Å². The molecule has 184 valence electrons. The normalized spacial score (nSPS) is 18.8. The number of benzene rings is 1. The molecule has 1 amide bonds. The van der Waals surface area contributed by atoms with E-state index in [0.717, 1.165) is 31.2 Å². The molecule has 6 nitrogen and oxygen atoms in total. The Bertz CT molecular complexity index is 725. The molecule has 1 atom stereocenters. The second kappa shape index (κ2) is 13.2. The molecule has 0 radical (unpaired) electrons. The summed E-state index contributed by atoms with van der Waals surface area (Å²) in [4.78, 5) is 31.8. The Labute approximate surface area is 203 Å². The Morgan fingerprint density at radius 2 is 1.52 bits per heavy atom. The van der Waals surface area contributed by atoms with Crippen molar-refractivity contribution in [1.82, 2.24) is 10.4 Å². The van der Waals surface area contributed by atoms with Gasteiger partial charge in [0.15, 0.2) is 0 Å². The van der Waals surface area contributed by atoms with Crippen LogP contribution in [0.25, 0.3) is 0 Å². The molecule has 0 saturated heterocycles. The number of halogens is 1. The van der Waals surface area contributed by atoms with E-state index < -0.39 is 12.1 Å². The lowest BCUT2D eigenvalue weighted by Crippen LogP contribution is -2.50. The predicted molar refractivity (Wildman–Crippen MR) is 130 cm³/mol. The summed E-state index contributed by atoms with van der Waals surface area (Å²) in [6, 6.07) is 6.94. The van der Waals surface area contributed by atoms with Crippen molar-refractivity contribution in [2.45, 2.75) is 109 Å². The van der Waals surface area contributed by atoms with Crippen LogP contribution in [0.4, 0.5) is 4.79 Å². The third-order valence-electron chi connectivity index (χ3n) is 6.63. The summed E-state index contributed by atoms with van der Waals surface area (Å²) in [5.74, 6) is -0.166. The zero-order chi connectivity index (χ0) is 23.6. The zero-order valence-corrected chi connectivity index (χ0v) is 20.8. The minimum Gasteiger partial charge on any atom is -0.445 e. The van der Waals surface area contributed by atoms with Crippen LogP contribution in [0.3, 0.4) is 0 Å². The van der Waals surface area contributed by atoms with Crippen molar-refractivity contribution in [3.63, 3.8) is 0 Å². The Balaban J connectivity index is 1.61. The Morgan fingerprint density at radius 3 is 2.03 bits per heavy atom. The first-order valence-corrected chi connectivity index (χ1v) is 13.0. The number of amides is 1. The molecule has 33 heavy (non-hydrogen) atoms.